The van der Waals surface area contributed by atoms with Crippen molar-refractivity contribution in [1.29, 1.82) is 0 Å². The Labute approximate surface area is 200 Å². The van der Waals surface area contributed by atoms with Crippen LogP contribution < -0.4 is 9.47 Å². The van der Waals surface area contributed by atoms with Crippen molar-refractivity contribution >= 4 is 11.2 Å². The van der Waals surface area contributed by atoms with Gasteiger partial charge in [0.2, 0.25) is 0 Å². The number of rotatable bonds is 5. The molecule has 0 unspecified atom stereocenters. The Morgan fingerprint density at radius 1 is 0.941 bits per heavy atom. The van der Waals surface area contributed by atoms with E-state index in [1.54, 1.807) is 0 Å². The number of ether oxygens (including phenoxy) is 2. The number of fused-ring (bicyclic) bond motifs is 2. The van der Waals surface area contributed by atoms with Crippen LogP contribution in [0, 0.1) is 6.92 Å². The Bertz CT molecular complexity index is 1310. The molecule has 0 radical (unpaired) electrons. The first kappa shape index (κ1) is 21.2. The summed E-state index contributed by atoms with van der Waals surface area (Å²) in [6.07, 6.45) is 4.90. The van der Waals surface area contributed by atoms with Crippen molar-refractivity contribution in [2.45, 2.75) is 38.8 Å². The number of hydrogen-bond acceptors (Lipinski definition) is 5. The van der Waals surface area contributed by atoms with E-state index in [-0.39, 0.29) is 0 Å². The fraction of sp³-hybridized carbons (Fsp3) is 0.357. The van der Waals surface area contributed by atoms with Gasteiger partial charge in [-0.15, -0.1) is 0 Å². The maximum atomic E-state index is 5.77. The van der Waals surface area contributed by atoms with Gasteiger partial charge in [0.25, 0.3) is 0 Å². The third kappa shape index (κ3) is 4.14. The van der Waals surface area contributed by atoms with Crippen LogP contribution in [0.1, 0.15) is 41.4 Å². The number of piperidine rings is 1. The van der Waals surface area contributed by atoms with Gasteiger partial charge in [-0.2, -0.15) is 0 Å². The lowest BCUT2D eigenvalue weighted by molar-refractivity contribution is 0.168. The van der Waals surface area contributed by atoms with Crippen LogP contribution >= 0.6 is 0 Å². The van der Waals surface area contributed by atoms with E-state index in [0.717, 1.165) is 67.4 Å². The van der Waals surface area contributed by atoms with E-state index in [1.807, 2.05) is 18.3 Å². The molecule has 2 aromatic carbocycles. The monoisotopic (exact) mass is 454 g/mol. The Balaban J connectivity index is 1.20. The predicted octanol–water partition coefficient (Wildman–Crippen LogP) is 4.94. The van der Waals surface area contributed by atoms with Crippen molar-refractivity contribution in [2.24, 2.45) is 0 Å². The van der Waals surface area contributed by atoms with Crippen LogP contribution in [0.3, 0.4) is 0 Å². The van der Waals surface area contributed by atoms with Crippen LogP contribution in [0.2, 0.25) is 0 Å². The second kappa shape index (κ2) is 9.11. The molecule has 0 saturated carbocycles. The molecule has 0 bridgehead atoms. The molecule has 34 heavy (non-hydrogen) atoms. The molecule has 0 aliphatic carbocycles. The minimum atomic E-state index is 0.412. The van der Waals surface area contributed by atoms with Gasteiger partial charge < -0.3 is 14.0 Å². The smallest absolute Gasteiger partial charge is 0.161 e. The van der Waals surface area contributed by atoms with Crippen LogP contribution in [0.4, 0.5) is 0 Å². The lowest BCUT2D eigenvalue weighted by atomic mass is 10.0. The summed E-state index contributed by atoms with van der Waals surface area (Å²) >= 11 is 0. The van der Waals surface area contributed by atoms with E-state index in [0.29, 0.717) is 19.3 Å². The summed E-state index contributed by atoms with van der Waals surface area (Å²) in [6, 6.07) is 19.4. The van der Waals surface area contributed by atoms with Gasteiger partial charge in [-0.3, -0.25) is 4.90 Å². The summed E-state index contributed by atoms with van der Waals surface area (Å²) in [6.45, 7) is 6.47. The quantitative estimate of drug-likeness (QED) is 0.428. The summed E-state index contributed by atoms with van der Waals surface area (Å²) in [4.78, 5) is 12.3. The zero-order valence-corrected chi connectivity index (χ0v) is 19.6. The van der Waals surface area contributed by atoms with Gasteiger partial charge in [-0.1, -0.05) is 30.3 Å². The lowest BCUT2D eigenvalue weighted by Gasteiger charge is -2.33. The zero-order chi connectivity index (χ0) is 22.9. The van der Waals surface area contributed by atoms with Gasteiger partial charge in [0.1, 0.15) is 24.6 Å². The molecule has 1 saturated heterocycles. The van der Waals surface area contributed by atoms with Gasteiger partial charge in [0, 0.05) is 38.3 Å². The van der Waals surface area contributed by atoms with E-state index in [4.69, 9.17) is 19.4 Å². The summed E-state index contributed by atoms with van der Waals surface area (Å²) in [7, 11) is 0. The summed E-state index contributed by atoms with van der Waals surface area (Å²) in [5.41, 5.74) is 5.91. The minimum Gasteiger partial charge on any atom is -0.486 e. The van der Waals surface area contributed by atoms with Crippen LogP contribution in [0.5, 0.6) is 11.5 Å². The Hall–Kier alpha value is -3.38. The third-order valence-corrected chi connectivity index (χ3v) is 7.07. The topological polar surface area (TPSA) is 52.4 Å². The van der Waals surface area contributed by atoms with Crippen molar-refractivity contribution in [2.75, 3.05) is 26.3 Å². The number of pyridine rings is 1. The molecule has 0 spiro atoms. The first-order valence-electron chi connectivity index (χ1n) is 12.2. The number of nitrogens with zero attached hydrogens (tertiary/aromatic N) is 4. The van der Waals surface area contributed by atoms with Gasteiger partial charge in [0.15, 0.2) is 17.1 Å². The molecule has 6 nitrogen and oxygen atoms in total. The highest BCUT2D eigenvalue weighted by molar-refractivity contribution is 5.71. The Kier molecular flexibility index (Phi) is 5.67. The average molecular weight is 455 g/mol. The molecule has 0 N–H and O–H groups in total. The SMILES string of the molecule is Cc1ccccc1Cc1nc2cccnc2n1C1CCN(Cc2ccc3c(c2)OCCO3)CC1. The maximum Gasteiger partial charge on any atom is 0.161 e. The van der Waals surface area contributed by atoms with E-state index < -0.39 is 0 Å². The van der Waals surface area contributed by atoms with Crippen molar-refractivity contribution in [3.63, 3.8) is 0 Å². The highest BCUT2D eigenvalue weighted by Gasteiger charge is 2.26. The summed E-state index contributed by atoms with van der Waals surface area (Å²) in [5.74, 6) is 2.85. The minimum absolute atomic E-state index is 0.412. The zero-order valence-electron chi connectivity index (χ0n) is 19.6. The molecule has 174 valence electrons. The molecule has 2 aliphatic heterocycles. The van der Waals surface area contributed by atoms with Crippen LogP contribution in [0.15, 0.2) is 60.8 Å². The first-order valence-corrected chi connectivity index (χ1v) is 12.2. The Morgan fingerprint density at radius 2 is 1.76 bits per heavy atom. The van der Waals surface area contributed by atoms with E-state index >= 15 is 0 Å². The summed E-state index contributed by atoms with van der Waals surface area (Å²) < 4.78 is 13.9. The second-order valence-corrected chi connectivity index (χ2v) is 9.33. The number of aryl methyl sites for hydroxylation is 1. The molecule has 1 fully saturated rings. The number of likely N-dealkylation sites (tertiary alicyclic amines) is 1. The van der Waals surface area contributed by atoms with Crippen molar-refractivity contribution < 1.29 is 9.47 Å². The fourth-order valence-electron chi connectivity index (χ4n) is 5.24. The highest BCUT2D eigenvalue weighted by atomic mass is 16.6. The largest absolute Gasteiger partial charge is 0.486 e. The van der Waals surface area contributed by atoms with Crippen molar-refractivity contribution in [1.82, 2.24) is 19.4 Å². The standard InChI is InChI=1S/C28H30N4O2/c1-20-5-2-3-6-22(20)18-27-30-24-7-4-12-29-28(24)32(27)23-10-13-31(14-11-23)19-21-8-9-25-26(17-21)34-16-15-33-25/h2-9,12,17,23H,10-11,13-16,18-19H2,1H3. The van der Waals surface area contributed by atoms with Crippen LogP contribution in [0.25, 0.3) is 11.2 Å². The second-order valence-electron chi connectivity index (χ2n) is 9.33. The normalized spacial score (nSPS) is 16.7. The molecular formula is C28H30N4O2. The predicted molar refractivity (Wildman–Crippen MR) is 132 cm³/mol. The molecule has 6 rings (SSSR count). The molecule has 0 atom stereocenters. The van der Waals surface area contributed by atoms with Gasteiger partial charge in [-0.05, 0) is 60.7 Å². The Morgan fingerprint density at radius 3 is 2.62 bits per heavy atom. The van der Waals surface area contributed by atoms with Crippen molar-refractivity contribution in [3.05, 3.63) is 83.3 Å². The van der Waals surface area contributed by atoms with Crippen molar-refractivity contribution in [3.8, 4) is 11.5 Å². The van der Waals surface area contributed by atoms with Crippen LogP contribution in [-0.4, -0.2) is 45.7 Å². The van der Waals surface area contributed by atoms with E-state index in [9.17, 15) is 0 Å². The van der Waals surface area contributed by atoms with E-state index in [1.165, 1.54) is 16.7 Å². The molecule has 2 aliphatic rings. The average Bonchev–Trinajstić information content (AvgIpc) is 3.24. The fourth-order valence-corrected chi connectivity index (χ4v) is 5.24. The van der Waals surface area contributed by atoms with Crippen LogP contribution in [-0.2, 0) is 13.0 Å². The van der Waals surface area contributed by atoms with Gasteiger partial charge in [0.05, 0.1) is 0 Å². The number of benzene rings is 2. The first-order chi connectivity index (χ1) is 16.7. The molecule has 4 heterocycles. The number of aromatic nitrogens is 3. The van der Waals surface area contributed by atoms with Gasteiger partial charge in [-0.25, -0.2) is 9.97 Å². The van der Waals surface area contributed by atoms with Gasteiger partial charge >= 0.3 is 0 Å². The molecule has 4 aromatic rings. The highest BCUT2D eigenvalue weighted by Crippen LogP contribution is 2.33. The molecule has 6 heteroatoms. The third-order valence-electron chi connectivity index (χ3n) is 7.07. The lowest BCUT2D eigenvalue weighted by Crippen LogP contribution is -2.34. The maximum absolute atomic E-state index is 5.77. The molecule has 0 amide bonds. The molecular weight excluding hydrogens is 424 g/mol. The molecule has 2 aromatic heterocycles. The van der Waals surface area contributed by atoms with E-state index in [2.05, 4.69) is 58.9 Å². The number of imidazole rings is 1. The number of hydrogen-bond donors (Lipinski definition) is 0. The summed E-state index contributed by atoms with van der Waals surface area (Å²) in [5, 5.41) is 0.